The van der Waals surface area contributed by atoms with E-state index in [0.29, 0.717) is 13.1 Å². The van der Waals surface area contributed by atoms with Gasteiger partial charge in [-0.25, -0.2) is 0 Å². The molecular weight excluding hydrogens is 362 g/mol. The van der Waals surface area contributed by atoms with Gasteiger partial charge in [-0.15, -0.1) is 0 Å². The number of quaternary nitrogens is 2. The molecule has 29 heavy (non-hydrogen) atoms. The van der Waals surface area contributed by atoms with E-state index in [9.17, 15) is 4.79 Å². The smallest absolute Gasteiger partial charge is 0.277 e. The van der Waals surface area contributed by atoms with Crippen molar-refractivity contribution < 1.29 is 19.3 Å². The number of carbonyl (C=O) groups is 1. The lowest BCUT2D eigenvalue weighted by Crippen LogP contribution is -3.28. The number of hydrogen-bond donors (Lipinski definition) is 2. The van der Waals surface area contributed by atoms with Gasteiger partial charge in [0.1, 0.15) is 38.5 Å². The van der Waals surface area contributed by atoms with Crippen LogP contribution in [0.4, 0.5) is 0 Å². The summed E-state index contributed by atoms with van der Waals surface area (Å²) in [6, 6.07) is 15.1. The predicted molar refractivity (Wildman–Crippen MR) is 113 cm³/mol. The lowest BCUT2D eigenvalue weighted by Gasteiger charge is -2.30. The molecule has 2 aromatic carbocycles. The van der Waals surface area contributed by atoms with Crippen molar-refractivity contribution in [2.75, 3.05) is 46.4 Å². The van der Waals surface area contributed by atoms with Crippen LogP contribution in [-0.4, -0.2) is 57.2 Å². The molecule has 0 unspecified atom stereocenters. The number of fused-ring (bicyclic) bond motifs is 1. The Morgan fingerprint density at radius 3 is 2.45 bits per heavy atom. The monoisotopic (exact) mass is 395 g/mol. The van der Waals surface area contributed by atoms with Gasteiger partial charge in [-0.05, 0) is 36.2 Å². The van der Waals surface area contributed by atoms with Gasteiger partial charge in [0, 0.05) is 25.6 Å². The second-order valence-electron chi connectivity index (χ2n) is 8.63. The number of nitrogens with zero attached hydrogens (tertiary/aromatic N) is 1. The van der Waals surface area contributed by atoms with Crippen LogP contribution in [0.25, 0.3) is 0 Å². The van der Waals surface area contributed by atoms with E-state index >= 15 is 0 Å². The number of aryl methyl sites for hydroxylation is 1. The molecule has 0 spiro atoms. The molecule has 5 nitrogen and oxygen atoms in total. The molecule has 2 aliphatic heterocycles. The zero-order valence-corrected chi connectivity index (χ0v) is 17.7. The molecule has 0 aliphatic carbocycles. The highest BCUT2D eigenvalue weighted by Gasteiger charge is 2.26. The van der Waals surface area contributed by atoms with Gasteiger partial charge in [-0.3, -0.25) is 4.79 Å². The fourth-order valence-corrected chi connectivity index (χ4v) is 4.35. The van der Waals surface area contributed by atoms with E-state index in [-0.39, 0.29) is 5.91 Å². The van der Waals surface area contributed by atoms with E-state index in [2.05, 4.69) is 49.4 Å². The van der Waals surface area contributed by atoms with Gasteiger partial charge >= 0.3 is 0 Å². The van der Waals surface area contributed by atoms with Gasteiger partial charge in [-0.1, -0.05) is 29.8 Å². The number of nitrogens with one attached hydrogen (secondary N) is 2. The molecule has 1 amide bonds. The summed E-state index contributed by atoms with van der Waals surface area (Å²) in [5.41, 5.74) is 5.20. The van der Waals surface area contributed by atoms with Crippen molar-refractivity contribution >= 4 is 5.91 Å². The van der Waals surface area contributed by atoms with Crippen LogP contribution in [0.1, 0.15) is 22.3 Å². The molecule has 2 aromatic rings. The molecule has 2 heterocycles. The van der Waals surface area contributed by atoms with Gasteiger partial charge in [0.15, 0.2) is 6.54 Å². The second-order valence-corrected chi connectivity index (χ2v) is 8.63. The van der Waals surface area contributed by atoms with E-state index in [1.165, 1.54) is 27.2 Å². The number of amides is 1. The van der Waals surface area contributed by atoms with Crippen molar-refractivity contribution in [2.24, 2.45) is 0 Å². The zero-order valence-electron chi connectivity index (χ0n) is 17.7. The summed E-state index contributed by atoms with van der Waals surface area (Å²) >= 11 is 0. The van der Waals surface area contributed by atoms with E-state index in [4.69, 9.17) is 4.74 Å². The maximum atomic E-state index is 12.6. The first-order chi connectivity index (χ1) is 14.1. The maximum Gasteiger partial charge on any atom is 0.277 e. The van der Waals surface area contributed by atoms with Crippen LogP contribution in [0.15, 0.2) is 42.5 Å². The minimum atomic E-state index is 0.239. The molecule has 2 N–H and O–H groups in total. The first-order valence-electron chi connectivity index (χ1n) is 10.8. The number of piperazine rings is 1. The Kier molecular flexibility index (Phi) is 6.16. The predicted octanol–water partition coefficient (Wildman–Crippen LogP) is -0.128. The Morgan fingerprint density at radius 2 is 1.69 bits per heavy atom. The van der Waals surface area contributed by atoms with E-state index in [1.807, 2.05) is 11.9 Å². The van der Waals surface area contributed by atoms with Crippen molar-refractivity contribution in [1.82, 2.24) is 4.90 Å². The molecule has 0 bridgehead atoms. The number of likely N-dealkylation sites (N-methyl/N-ethyl adjacent to an activating group) is 1. The highest BCUT2D eigenvalue weighted by Crippen LogP contribution is 2.25. The van der Waals surface area contributed by atoms with Crippen LogP contribution < -0.4 is 14.5 Å². The minimum Gasteiger partial charge on any atom is -0.493 e. The van der Waals surface area contributed by atoms with Crippen molar-refractivity contribution in [2.45, 2.75) is 26.4 Å². The zero-order chi connectivity index (χ0) is 20.2. The SMILES string of the molecule is Cc1ccc(CN(C)C(=O)C[NH+]2CC[NH+](Cc3ccc4c(c3)CCO4)CC2)cc1. The molecule has 0 saturated carbocycles. The summed E-state index contributed by atoms with van der Waals surface area (Å²) in [5.74, 6) is 1.30. The Balaban J connectivity index is 1.22. The summed E-state index contributed by atoms with van der Waals surface area (Å²) < 4.78 is 5.61. The van der Waals surface area contributed by atoms with E-state index in [1.54, 1.807) is 4.90 Å². The lowest BCUT2D eigenvalue weighted by molar-refractivity contribution is -1.02. The Hall–Kier alpha value is -2.37. The highest BCUT2D eigenvalue weighted by molar-refractivity contribution is 5.76. The van der Waals surface area contributed by atoms with Crippen molar-refractivity contribution in [1.29, 1.82) is 0 Å². The van der Waals surface area contributed by atoms with Gasteiger partial charge in [-0.2, -0.15) is 0 Å². The Labute approximate surface area is 173 Å². The highest BCUT2D eigenvalue weighted by atomic mass is 16.5. The molecular formula is C24H33N3O2+2. The van der Waals surface area contributed by atoms with Gasteiger partial charge in [0.25, 0.3) is 5.91 Å². The topological polar surface area (TPSA) is 38.4 Å². The molecule has 5 heteroatoms. The minimum absolute atomic E-state index is 0.239. The third kappa shape index (κ3) is 5.17. The number of benzene rings is 2. The standard InChI is InChI=1S/C24H31N3O2/c1-19-3-5-20(6-4-19)16-25(2)24(28)18-27-12-10-26(11-13-27)17-21-7-8-23-22(15-21)9-14-29-23/h3-8,15H,9-14,16-18H2,1-2H3/p+2. The van der Waals surface area contributed by atoms with Crippen molar-refractivity contribution in [3.63, 3.8) is 0 Å². The normalized spacial score (nSPS) is 20.8. The summed E-state index contributed by atoms with van der Waals surface area (Å²) in [4.78, 5) is 17.5. The summed E-state index contributed by atoms with van der Waals surface area (Å²) in [5, 5.41) is 0. The molecule has 4 rings (SSSR count). The average Bonchev–Trinajstić information content (AvgIpc) is 3.19. The second kappa shape index (κ2) is 8.97. The molecule has 154 valence electrons. The molecule has 0 radical (unpaired) electrons. The van der Waals surface area contributed by atoms with Crippen LogP contribution in [0, 0.1) is 6.92 Å². The van der Waals surface area contributed by atoms with Crippen LogP contribution in [0.3, 0.4) is 0 Å². The van der Waals surface area contributed by atoms with E-state index < -0.39 is 0 Å². The molecule has 0 aromatic heterocycles. The lowest BCUT2D eigenvalue weighted by atomic mass is 10.1. The Morgan fingerprint density at radius 1 is 1.00 bits per heavy atom. The number of carbonyl (C=O) groups excluding carboxylic acids is 1. The summed E-state index contributed by atoms with van der Waals surface area (Å²) in [6.45, 7) is 9.64. The molecule has 1 fully saturated rings. The largest absolute Gasteiger partial charge is 0.493 e. The van der Waals surface area contributed by atoms with Crippen LogP contribution in [0.2, 0.25) is 0 Å². The van der Waals surface area contributed by atoms with Crippen LogP contribution in [0.5, 0.6) is 5.75 Å². The van der Waals surface area contributed by atoms with Crippen molar-refractivity contribution in [3.8, 4) is 5.75 Å². The third-order valence-corrected chi connectivity index (χ3v) is 6.24. The molecule has 2 aliphatic rings. The summed E-state index contributed by atoms with van der Waals surface area (Å²) in [6.07, 6.45) is 1.04. The maximum absolute atomic E-state index is 12.6. The quantitative estimate of drug-likeness (QED) is 0.715. The number of ether oxygens (including phenoxy) is 1. The molecule has 0 atom stereocenters. The van der Waals surface area contributed by atoms with Crippen LogP contribution in [-0.2, 0) is 24.3 Å². The van der Waals surface area contributed by atoms with Gasteiger partial charge in [0.2, 0.25) is 0 Å². The van der Waals surface area contributed by atoms with E-state index in [0.717, 1.165) is 51.5 Å². The Bertz CT molecular complexity index is 842. The first-order valence-corrected chi connectivity index (χ1v) is 10.8. The average molecular weight is 396 g/mol. The van der Waals surface area contributed by atoms with Gasteiger partial charge < -0.3 is 19.4 Å². The van der Waals surface area contributed by atoms with Crippen LogP contribution >= 0.6 is 0 Å². The third-order valence-electron chi connectivity index (χ3n) is 6.24. The fraction of sp³-hybridized carbons (Fsp3) is 0.458. The number of rotatable bonds is 6. The fourth-order valence-electron chi connectivity index (χ4n) is 4.35. The molecule has 1 saturated heterocycles. The van der Waals surface area contributed by atoms with Gasteiger partial charge in [0.05, 0.1) is 6.61 Å². The first kappa shape index (κ1) is 19.9. The number of hydrogen-bond acceptors (Lipinski definition) is 2. The summed E-state index contributed by atoms with van der Waals surface area (Å²) in [7, 11) is 1.92. The van der Waals surface area contributed by atoms with Crippen molar-refractivity contribution in [3.05, 3.63) is 64.7 Å².